The van der Waals surface area contributed by atoms with Crippen LogP contribution in [0.15, 0.2) is 24.5 Å². The van der Waals surface area contributed by atoms with Gasteiger partial charge in [-0.25, -0.2) is 0 Å². The first-order valence-electron chi connectivity index (χ1n) is 5.80. The first-order valence-corrected chi connectivity index (χ1v) is 6.34. The summed E-state index contributed by atoms with van der Waals surface area (Å²) in [6, 6.07) is 6.17. The highest BCUT2D eigenvalue weighted by Crippen LogP contribution is 2.08. The van der Waals surface area contributed by atoms with E-state index in [4.69, 9.17) is 16.9 Å². The molecule has 1 aromatic rings. The van der Waals surface area contributed by atoms with E-state index in [0.717, 1.165) is 19.6 Å². The average Bonchev–Trinajstić information content (AvgIpc) is 2.37. The molecule has 92 valence electrons. The van der Waals surface area contributed by atoms with Gasteiger partial charge in [-0.15, -0.1) is 11.6 Å². The number of alkyl halides is 1. The Kier molecular flexibility index (Phi) is 6.61. The molecule has 0 amide bonds. The van der Waals surface area contributed by atoms with Gasteiger partial charge in [-0.3, -0.25) is 9.88 Å². The number of halogens is 1. The SMILES string of the molecule is CC(CCl)CN(CCC#N)Cc1cccnc1. The Balaban J connectivity index is 2.54. The van der Waals surface area contributed by atoms with Crippen LogP contribution in [0.2, 0.25) is 0 Å². The van der Waals surface area contributed by atoms with Gasteiger partial charge in [0.25, 0.3) is 0 Å². The second-order valence-corrected chi connectivity index (χ2v) is 4.57. The number of hydrogen-bond acceptors (Lipinski definition) is 3. The molecule has 1 rings (SSSR count). The van der Waals surface area contributed by atoms with Crippen molar-refractivity contribution in [2.45, 2.75) is 19.9 Å². The van der Waals surface area contributed by atoms with Crippen molar-refractivity contribution in [2.24, 2.45) is 5.92 Å². The Morgan fingerprint density at radius 1 is 1.59 bits per heavy atom. The number of nitriles is 1. The topological polar surface area (TPSA) is 39.9 Å². The molecule has 4 heteroatoms. The summed E-state index contributed by atoms with van der Waals surface area (Å²) in [5.74, 6) is 1.09. The van der Waals surface area contributed by atoms with Crippen LogP contribution in [0.5, 0.6) is 0 Å². The molecule has 0 saturated carbocycles. The van der Waals surface area contributed by atoms with Crippen LogP contribution in [0.4, 0.5) is 0 Å². The monoisotopic (exact) mass is 251 g/mol. The van der Waals surface area contributed by atoms with Gasteiger partial charge in [0, 0.05) is 44.3 Å². The highest BCUT2D eigenvalue weighted by Gasteiger charge is 2.10. The summed E-state index contributed by atoms with van der Waals surface area (Å²) in [6.45, 7) is 4.65. The zero-order valence-electron chi connectivity index (χ0n) is 10.1. The minimum Gasteiger partial charge on any atom is -0.298 e. The number of hydrogen-bond donors (Lipinski definition) is 0. The fraction of sp³-hybridized carbons (Fsp3) is 0.538. The normalized spacial score (nSPS) is 12.4. The van der Waals surface area contributed by atoms with Crippen molar-refractivity contribution < 1.29 is 0 Å². The predicted octanol–water partition coefficient (Wildman–Crippen LogP) is 2.67. The fourth-order valence-electron chi connectivity index (χ4n) is 1.68. The van der Waals surface area contributed by atoms with E-state index in [9.17, 15) is 0 Å². The molecule has 0 radical (unpaired) electrons. The Hall–Kier alpha value is -1.11. The Labute approximate surface area is 108 Å². The molecular weight excluding hydrogens is 234 g/mol. The van der Waals surface area contributed by atoms with E-state index in [0.29, 0.717) is 18.2 Å². The standard InChI is InChI=1S/C13H18ClN3/c1-12(8-14)10-17(7-3-5-15)11-13-4-2-6-16-9-13/h2,4,6,9,12H,3,7-8,10-11H2,1H3. The van der Waals surface area contributed by atoms with Crippen molar-refractivity contribution in [1.82, 2.24) is 9.88 Å². The van der Waals surface area contributed by atoms with Crippen LogP contribution in [-0.4, -0.2) is 28.9 Å². The lowest BCUT2D eigenvalue weighted by atomic mass is 10.1. The van der Waals surface area contributed by atoms with Crippen LogP contribution >= 0.6 is 11.6 Å². The lowest BCUT2D eigenvalue weighted by Gasteiger charge is -2.23. The first-order chi connectivity index (χ1) is 8.26. The molecule has 0 saturated heterocycles. The Morgan fingerprint density at radius 2 is 2.41 bits per heavy atom. The lowest BCUT2D eigenvalue weighted by molar-refractivity contribution is 0.242. The second-order valence-electron chi connectivity index (χ2n) is 4.26. The maximum atomic E-state index is 8.66. The molecule has 0 N–H and O–H groups in total. The van der Waals surface area contributed by atoms with Gasteiger partial charge in [0.15, 0.2) is 0 Å². The molecule has 0 fully saturated rings. The lowest BCUT2D eigenvalue weighted by Crippen LogP contribution is -2.29. The quantitative estimate of drug-likeness (QED) is 0.700. The third kappa shape index (κ3) is 5.67. The molecule has 1 aromatic heterocycles. The molecule has 0 spiro atoms. The number of rotatable bonds is 7. The van der Waals surface area contributed by atoms with Gasteiger partial charge < -0.3 is 0 Å². The molecule has 0 aliphatic heterocycles. The molecule has 1 atom stereocenters. The second kappa shape index (κ2) is 8.05. The Bertz CT molecular complexity index is 347. The van der Waals surface area contributed by atoms with Gasteiger partial charge in [-0.1, -0.05) is 13.0 Å². The highest BCUT2D eigenvalue weighted by atomic mass is 35.5. The molecule has 3 nitrogen and oxygen atoms in total. The van der Waals surface area contributed by atoms with Gasteiger partial charge in [0.05, 0.1) is 6.07 Å². The van der Waals surface area contributed by atoms with Crippen LogP contribution < -0.4 is 0 Å². The van der Waals surface area contributed by atoms with Crippen molar-refractivity contribution in [1.29, 1.82) is 5.26 Å². The van der Waals surface area contributed by atoms with Crippen molar-refractivity contribution in [3.8, 4) is 6.07 Å². The molecule has 0 aromatic carbocycles. The van der Waals surface area contributed by atoms with E-state index in [1.54, 1.807) is 6.20 Å². The zero-order chi connectivity index (χ0) is 12.5. The van der Waals surface area contributed by atoms with E-state index >= 15 is 0 Å². The van der Waals surface area contributed by atoms with Gasteiger partial charge in [0.2, 0.25) is 0 Å². The summed E-state index contributed by atoms with van der Waals surface area (Å²) in [5, 5.41) is 8.66. The smallest absolute Gasteiger partial charge is 0.0635 e. The van der Waals surface area contributed by atoms with Crippen molar-refractivity contribution in [2.75, 3.05) is 19.0 Å². The van der Waals surface area contributed by atoms with Gasteiger partial charge in [-0.05, 0) is 17.5 Å². The maximum Gasteiger partial charge on any atom is 0.0635 e. The van der Waals surface area contributed by atoms with Crippen LogP contribution in [0.3, 0.4) is 0 Å². The van der Waals surface area contributed by atoms with Crippen molar-refractivity contribution in [3.05, 3.63) is 30.1 Å². The van der Waals surface area contributed by atoms with Crippen molar-refractivity contribution >= 4 is 11.6 Å². The number of aromatic nitrogens is 1. The molecule has 0 bridgehead atoms. The minimum atomic E-state index is 0.437. The zero-order valence-corrected chi connectivity index (χ0v) is 10.9. The maximum absolute atomic E-state index is 8.66. The fourth-order valence-corrected chi connectivity index (χ4v) is 1.78. The van der Waals surface area contributed by atoms with E-state index in [-0.39, 0.29) is 0 Å². The first kappa shape index (κ1) is 14.0. The summed E-state index contributed by atoms with van der Waals surface area (Å²) in [5.41, 5.74) is 1.17. The molecule has 0 aliphatic carbocycles. The van der Waals surface area contributed by atoms with Gasteiger partial charge in [0.1, 0.15) is 0 Å². The van der Waals surface area contributed by atoms with E-state index < -0.39 is 0 Å². The highest BCUT2D eigenvalue weighted by molar-refractivity contribution is 6.18. The molecule has 1 unspecified atom stereocenters. The van der Waals surface area contributed by atoms with Crippen LogP contribution in [0.1, 0.15) is 18.9 Å². The van der Waals surface area contributed by atoms with Crippen molar-refractivity contribution in [3.63, 3.8) is 0 Å². The van der Waals surface area contributed by atoms with Crippen LogP contribution in [0.25, 0.3) is 0 Å². The summed E-state index contributed by atoms with van der Waals surface area (Å²) >= 11 is 5.83. The molecule has 0 aliphatic rings. The molecular formula is C13H18ClN3. The third-order valence-corrected chi connectivity index (χ3v) is 3.03. The van der Waals surface area contributed by atoms with E-state index in [1.165, 1.54) is 5.56 Å². The summed E-state index contributed by atoms with van der Waals surface area (Å²) in [6.07, 6.45) is 4.19. The van der Waals surface area contributed by atoms with E-state index in [1.807, 2.05) is 12.3 Å². The molecule has 17 heavy (non-hydrogen) atoms. The van der Waals surface area contributed by atoms with Gasteiger partial charge >= 0.3 is 0 Å². The third-order valence-electron chi connectivity index (χ3n) is 2.50. The predicted molar refractivity (Wildman–Crippen MR) is 69.6 cm³/mol. The summed E-state index contributed by atoms with van der Waals surface area (Å²) < 4.78 is 0. The van der Waals surface area contributed by atoms with E-state index in [2.05, 4.69) is 28.9 Å². The largest absolute Gasteiger partial charge is 0.298 e. The van der Waals surface area contributed by atoms with Crippen LogP contribution in [-0.2, 0) is 6.54 Å². The average molecular weight is 252 g/mol. The van der Waals surface area contributed by atoms with Gasteiger partial charge in [-0.2, -0.15) is 5.26 Å². The number of nitrogens with zero attached hydrogens (tertiary/aromatic N) is 3. The van der Waals surface area contributed by atoms with Crippen LogP contribution in [0, 0.1) is 17.2 Å². The number of pyridine rings is 1. The summed E-state index contributed by atoms with van der Waals surface area (Å²) in [7, 11) is 0. The minimum absolute atomic E-state index is 0.437. The molecule has 1 heterocycles. The summed E-state index contributed by atoms with van der Waals surface area (Å²) in [4.78, 5) is 6.36. The Morgan fingerprint density at radius 3 is 3.00 bits per heavy atom.